The van der Waals surface area contributed by atoms with Crippen molar-refractivity contribution in [1.82, 2.24) is 4.90 Å². The Balaban J connectivity index is 0.000000476. The van der Waals surface area contributed by atoms with Gasteiger partial charge in [0, 0.05) is 6.54 Å². The number of benzene rings is 1. The van der Waals surface area contributed by atoms with E-state index in [0.29, 0.717) is 29.9 Å². The van der Waals surface area contributed by atoms with Crippen LogP contribution < -0.4 is 5.73 Å². The van der Waals surface area contributed by atoms with Crippen molar-refractivity contribution in [3.63, 3.8) is 0 Å². The van der Waals surface area contributed by atoms with Crippen LogP contribution in [0.4, 0.5) is 13.2 Å². The molecule has 0 radical (unpaired) electrons. The molecule has 7 heteroatoms. The highest BCUT2D eigenvalue weighted by atomic mass is 19.4. The molecule has 4 nitrogen and oxygen atoms in total. The summed E-state index contributed by atoms with van der Waals surface area (Å²) >= 11 is 0. The van der Waals surface area contributed by atoms with Crippen molar-refractivity contribution in [2.24, 2.45) is 11.7 Å². The molecule has 1 fully saturated rings. The maximum atomic E-state index is 12.9. The maximum Gasteiger partial charge on any atom is 0.416 e. The molecule has 238 valence electrons. The molecule has 1 saturated carbocycles. The van der Waals surface area contributed by atoms with Gasteiger partial charge in [-0.15, -0.1) is 0 Å². The molecule has 0 saturated heterocycles. The average Bonchev–Trinajstić information content (AvgIpc) is 3.24. The summed E-state index contributed by atoms with van der Waals surface area (Å²) in [5.41, 5.74) is 5.85. The summed E-state index contributed by atoms with van der Waals surface area (Å²) < 4.78 is 38.7. The zero-order chi connectivity index (χ0) is 30.6. The molecular weight excluding hydrogens is 537 g/mol. The maximum absolute atomic E-state index is 12.9. The SMILES string of the molecule is CCCCCCCCCCN.O=C(O)C1=CC=CN(CC2CCCCCC2)C1CCCCc1cccc(C(F)(F)F)c1. The summed E-state index contributed by atoms with van der Waals surface area (Å²) in [5, 5.41) is 9.68. The fraction of sp³-hybridized carbons (Fsp3) is 0.686. The van der Waals surface area contributed by atoms with Crippen molar-refractivity contribution >= 4 is 5.97 Å². The first-order chi connectivity index (χ1) is 20.3. The zero-order valence-corrected chi connectivity index (χ0v) is 25.9. The van der Waals surface area contributed by atoms with E-state index in [1.807, 2.05) is 12.3 Å². The highest BCUT2D eigenvalue weighted by Gasteiger charge is 2.31. The first kappa shape index (κ1) is 35.9. The predicted octanol–water partition coefficient (Wildman–Crippen LogP) is 9.68. The van der Waals surface area contributed by atoms with Crippen LogP contribution in [-0.2, 0) is 17.4 Å². The molecule has 1 heterocycles. The molecule has 1 unspecified atom stereocenters. The smallest absolute Gasteiger partial charge is 0.416 e. The molecule has 0 spiro atoms. The second-order valence-corrected chi connectivity index (χ2v) is 12.0. The summed E-state index contributed by atoms with van der Waals surface area (Å²) in [6.07, 6.45) is 22.3. The predicted molar refractivity (Wildman–Crippen MR) is 167 cm³/mol. The van der Waals surface area contributed by atoms with Gasteiger partial charge in [-0.3, -0.25) is 0 Å². The van der Waals surface area contributed by atoms with E-state index in [4.69, 9.17) is 5.73 Å². The molecule has 1 atom stereocenters. The first-order valence-corrected chi connectivity index (χ1v) is 16.5. The number of nitrogens with two attached hydrogens (primary N) is 1. The Bertz CT molecular complexity index is 928. The van der Waals surface area contributed by atoms with Crippen molar-refractivity contribution in [2.45, 2.75) is 135 Å². The Labute approximate surface area is 252 Å². The molecule has 2 aliphatic rings. The molecule has 0 aromatic heterocycles. The van der Waals surface area contributed by atoms with Gasteiger partial charge in [0.15, 0.2) is 0 Å². The number of aryl methyl sites for hydroxylation is 1. The van der Waals surface area contributed by atoms with E-state index in [1.54, 1.807) is 12.1 Å². The number of carbonyl (C=O) groups is 1. The van der Waals surface area contributed by atoms with Gasteiger partial charge in [-0.05, 0) is 81.0 Å². The van der Waals surface area contributed by atoms with E-state index in [2.05, 4.69) is 11.8 Å². The lowest BCUT2D eigenvalue weighted by atomic mass is 9.93. The number of hydrogen-bond donors (Lipinski definition) is 2. The number of aliphatic carboxylic acids is 1. The van der Waals surface area contributed by atoms with Crippen LogP contribution in [0.25, 0.3) is 0 Å². The molecule has 0 amide bonds. The van der Waals surface area contributed by atoms with Gasteiger partial charge >= 0.3 is 12.1 Å². The molecule has 1 aliphatic carbocycles. The van der Waals surface area contributed by atoms with Crippen LogP contribution in [0, 0.1) is 5.92 Å². The Hall–Kier alpha value is -2.28. The molecule has 3 rings (SSSR count). The largest absolute Gasteiger partial charge is 0.478 e. The quantitative estimate of drug-likeness (QED) is 0.148. The third kappa shape index (κ3) is 14.3. The second kappa shape index (κ2) is 20.6. The number of halogens is 3. The molecular formula is C35H55F3N2O2. The number of allylic oxidation sites excluding steroid dienone is 2. The van der Waals surface area contributed by atoms with E-state index < -0.39 is 17.7 Å². The van der Waals surface area contributed by atoms with E-state index >= 15 is 0 Å². The van der Waals surface area contributed by atoms with E-state index in [1.165, 1.54) is 102 Å². The van der Waals surface area contributed by atoms with Crippen LogP contribution >= 0.6 is 0 Å². The van der Waals surface area contributed by atoms with Gasteiger partial charge in [0.1, 0.15) is 0 Å². The van der Waals surface area contributed by atoms with Gasteiger partial charge in [0.2, 0.25) is 0 Å². The second-order valence-electron chi connectivity index (χ2n) is 12.0. The minimum atomic E-state index is -4.33. The van der Waals surface area contributed by atoms with Crippen LogP contribution in [0.2, 0.25) is 0 Å². The molecule has 3 N–H and O–H groups in total. The number of carboxylic acids is 1. The van der Waals surface area contributed by atoms with Crippen molar-refractivity contribution in [3.05, 3.63) is 59.3 Å². The standard InChI is InChI=1S/C25H32F3NO2.C10H23N/c26-25(27,28)21-13-7-12-19(17-21)9-5-6-15-23-22(24(30)31)14-8-16-29(23)18-20-10-3-1-2-4-11-20;1-2-3-4-5-6-7-8-9-10-11/h7-8,12-14,16-17,20,23H,1-6,9-11,15,18H2,(H,30,31);2-11H2,1H3. The summed E-state index contributed by atoms with van der Waals surface area (Å²) in [4.78, 5) is 14.0. The van der Waals surface area contributed by atoms with Gasteiger partial charge in [-0.25, -0.2) is 4.79 Å². The Morgan fingerprint density at radius 3 is 2.24 bits per heavy atom. The highest BCUT2D eigenvalue weighted by molar-refractivity contribution is 5.88. The minimum absolute atomic E-state index is 0.174. The van der Waals surface area contributed by atoms with Gasteiger partial charge < -0.3 is 15.7 Å². The summed E-state index contributed by atoms with van der Waals surface area (Å²) in [6, 6.07) is 5.30. The van der Waals surface area contributed by atoms with Crippen molar-refractivity contribution < 1.29 is 23.1 Å². The minimum Gasteiger partial charge on any atom is -0.478 e. The van der Waals surface area contributed by atoms with Gasteiger partial charge in [-0.2, -0.15) is 13.2 Å². The number of alkyl halides is 3. The highest BCUT2D eigenvalue weighted by Crippen LogP contribution is 2.31. The summed E-state index contributed by atoms with van der Waals surface area (Å²) in [6.45, 7) is 4.00. The Kier molecular flexibility index (Phi) is 17.6. The van der Waals surface area contributed by atoms with Crippen molar-refractivity contribution in [3.8, 4) is 0 Å². The normalized spacial score (nSPS) is 17.8. The van der Waals surface area contributed by atoms with Crippen LogP contribution in [0.1, 0.15) is 127 Å². The number of carboxylic acid groups (broad SMARTS) is 1. The number of rotatable bonds is 16. The Morgan fingerprint density at radius 1 is 0.952 bits per heavy atom. The van der Waals surface area contributed by atoms with E-state index in [-0.39, 0.29) is 6.04 Å². The molecule has 1 aromatic rings. The lowest BCUT2D eigenvalue weighted by Gasteiger charge is -2.36. The fourth-order valence-electron chi connectivity index (χ4n) is 6.07. The number of hydrogen-bond acceptors (Lipinski definition) is 3. The molecule has 42 heavy (non-hydrogen) atoms. The van der Waals surface area contributed by atoms with Gasteiger partial charge in [-0.1, -0.05) is 102 Å². The van der Waals surface area contributed by atoms with Crippen LogP contribution in [0.15, 0.2) is 48.2 Å². The lowest BCUT2D eigenvalue weighted by Crippen LogP contribution is -2.39. The Morgan fingerprint density at radius 2 is 1.62 bits per heavy atom. The monoisotopic (exact) mass is 592 g/mol. The van der Waals surface area contributed by atoms with Gasteiger partial charge in [0.05, 0.1) is 17.2 Å². The van der Waals surface area contributed by atoms with E-state index in [9.17, 15) is 23.1 Å². The fourth-order valence-corrected chi connectivity index (χ4v) is 6.07. The number of nitrogens with zero attached hydrogens (tertiary/aromatic N) is 1. The topological polar surface area (TPSA) is 66.6 Å². The average molecular weight is 593 g/mol. The lowest BCUT2D eigenvalue weighted by molar-refractivity contribution is -0.137. The molecule has 1 aromatic carbocycles. The third-order valence-corrected chi connectivity index (χ3v) is 8.51. The van der Waals surface area contributed by atoms with Crippen molar-refractivity contribution in [2.75, 3.05) is 13.1 Å². The third-order valence-electron chi connectivity index (χ3n) is 8.51. The zero-order valence-electron chi connectivity index (χ0n) is 25.9. The summed E-state index contributed by atoms with van der Waals surface area (Å²) in [5.74, 6) is -0.300. The van der Waals surface area contributed by atoms with Crippen LogP contribution in [-0.4, -0.2) is 35.1 Å². The summed E-state index contributed by atoms with van der Waals surface area (Å²) in [7, 11) is 0. The first-order valence-electron chi connectivity index (χ1n) is 16.5. The van der Waals surface area contributed by atoms with Crippen molar-refractivity contribution in [1.29, 1.82) is 0 Å². The van der Waals surface area contributed by atoms with Crippen LogP contribution in [0.5, 0.6) is 0 Å². The molecule has 1 aliphatic heterocycles. The van der Waals surface area contributed by atoms with E-state index in [0.717, 1.165) is 32.0 Å². The van der Waals surface area contributed by atoms with Gasteiger partial charge in [0.25, 0.3) is 0 Å². The molecule has 0 bridgehead atoms. The number of unbranched alkanes of at least 4 members (excludes halogenated alkanes) is 8. The van der Waals surface area contributed by atoms with Crippen LogP contribution in [0.3, 0.4) is 0 Å².